The molecular formula is C23H22N6O3S2. The summed E-state index contributed by atoms with van der Waals surface area (Å²) < 4.78 is 19.9. The monoisotopic (exact) mass is 494 g/mol. The van der Waals surface area contributed by atoms with E-state index in [4.69, 9.17) is 24.2 Å². The zero-order valence-electron chi connectivity index (χ0n) is 18.7. The third-order valence-electron chi connectivity index (χ3n) is 5.53. The number of benzene rings is 1. The number of imidazole rings is 1. The molecule has 0 aliphatic carbocycles. The van der Waals surface area contributed by atoms with E-state index in [2.05, 4.69) is 15.0 Å². The van der Waals surface area contributed by atoms with Crippen LogP contribution in [0, 0.1) is 6.92 Å². The Labute approximate surface area is 203 Å². The first-order chi connectivity index (χ1) is 16.7. The summed E-state index contributed by atoms with van der Waals surface area (Å²) >= 11 is 3.18. The molecule has 1 saturated heterocycles. The van der Waals surface area contributed by atoms with Crippen LogP contribution in [0.25, 0.3) is 26.6 Å². The average molecular weight is 495 g/mol. The number of aryl methyl sites for hydroxylation is 1. The second kappa shape index (κ2) is 8.82. The van der Waals surface area contributed by atoms with Crippen LogP contribution in [0.4, 0.5) is 5.13 Å². The molecule has 0 amide bonds. The van der Waals surface area contributed by atoms with Gasteiger partial charge in [0.2, 0.25) is 0 Å². The van der Waals surface area contributed by atoms with E-state index in [9.17, 15) is 0 Å². The van der Waals surface area contributed by atoms with Crippen LogP contribution in [-0.2, 0) is 11.3 Å². The summed E-state index contributed by atoms with van der Waals surface area (Å²) in [5, 5.41) is 8.35. The Morgan fingerprint density at radius 3 is 2.85 bits per heavy atom. The molecule has 0 spiro atoms. The lowest BCUT2D eigenvalue weighted by atomic mass is 10.3. The van der Waals surface area contributed by atoms with Gasteiger partial charge in [-0.1, -0.05) is 0 Å². The molecule has 11 heteroatoms. The number of fused-ring (bicyclic) bond motifs is 2. The van der Waals surface area contributed by atoms with Gasteiger partial charge < -0.3 is 19.1 Å². The predicted molar refractivity (Wildman–Crippen MR) is 132 cm³/mol. The molecule has 1 aromatic carbocycles. The molecule has 0 saturated carbocycles. The highest BCUT2D eigenvalue weighted by molar-refractivity contribution is 7.22. The normalized spacial score (nSPS) is 14.2. The van der Waals surface area contributed by atoms with Gasteiger partial charge in [-0.3, -0.25) is 0 Å². The number of anilines is 1. The SMILES string of the molecule is COc1cc(OCc2csc(N3CCOCC3)n2)c2sc(-c3cn4nc(C)ccc4n3)nc2c1. The first kappa shape index (κ1) is 21.3. The Hall–Kier alpha value is -3.28. The van der Waals surface area contributed by atoms with Gasteiger partial charge in [-0.05, 0) is 19.1 Å². The van der Waals surface area contributed by atoms with Gasteiger partial charge in [0.05, 0.1) is 48.1 Å². The second-order valence-electron chi connectivity index (χ2n) is 7.91. The molecule has 0 atom stereocenters. The van der Waals surface area contributed by atoms with Crippen LogP contribution < -0.4 is 14.4 Å². The molecule has 34 heavy (non-hydrogen) atoms. The number of hydrogen-bond acceptors (Lipinski definition) is 10. The fourth-order valence-corrected chi connectivity index (χ4v) is 5.64. The minimum absolute atomic E-state index is 0.369. The molecule has 0 radical (unpaired) electrons. The van der Waals surface area contributed by atoms with Gasteiger partial charge in [0, 0.05) is 30.6 Å². The van der Waals surface area contributed by atoms with Crippen LogP contribution >= 0.6 is 22.7 Å². The minimum Gasteiger partial charge on any atom is -0.497 e. The second-order valence-corrected chi connectivity index (χ2v) is 9.74. The van der Waals surface area contributed by atoms with E-state index in [0.717, 1.165) is 75.1 Å². The summed E-state index contributed by atoms with van der Waals surface area (Å²) in [4.78, 5) is 16.5. The van der Waals surface area contributed by atoms with Crippen molar-refractivity contribution in [3.63, 3.8) is 0 Å². The van der Waals surface area contributed by atoms with Gasteiger partial charge in [-0.25, -0.2) is 19.5 Å². The average Bonchev–Trinajstić information content (AvgIpc) is 3.60. The van der Waals surface area contributed by atoms with Crippen LogP contribution in [0.1, 0.15) is 11.4 Å². The molecule has 6 rings (SSSR count). The first-order valence-corrected chi connectivity index (χ1v) is 12.6. The van der Waals surface area contributed by atoms with Crippen molar-refractivity contribution in [1.29, 1.82) is 0 Å². The van der Waals surface area contributed by atoms with Crippen molar-refractivity contribution in [2.75, 3.05) is 38.3 Å². The van der Waals surface area contributed by atoms with Gasteiger partial charge in [0.25, 0.3) is 0 Å². The molecule has 1 aliphatic rings. The minimum atomic E-state index is 0.369. The fourth-order valence-electron chi connectivity index (χ4n) is 3.81. The number of ether oxygens (including phenoxy) is 3. The molecule has 9 nitrogen and oxygen atoms in total. The number of nitrogens with zero attached hydrogens (tertiary/aromatic N) is 6. The van der Waals surface area contributed by atoms with E-state index in [1.807, 2.05) is 42.8 Å². The molecular weight excluding hydrogens is 472 g/mol. The number of thiazole rings is 2. The Kier molecular flexibility index (Phi) is 5.52. The molecule has 0 unspecified atom stereocenters. The molecule has 0 N–H and O–H groups in total. The molecule has 0 bridgehead atoms. The Balaban J connectivity index is 1.29. The van der Waals surface area contributed by atoms with E-state index < -0.39 is 0 Å². The number of morpholine rings is 1. The number of aromatic nitrogens is 5. The maximum Gasteiger partial charge on any atom is 0.185 e. The van der Waals surface area contributed by atoms with Crippen LogP contribution in [0.15, 0.2) is 35.8 Å². The van der Waals surface area contributed by atoms with Gasteiger partial charge in [0.1, 0.15) is 28.8 Å². The maximum atomic E-state index is 6.23. The van der Waals surface area contributed by atoms with Crippen LogP contribution in [0.2, 0.25) is 0 Å². The van der Waals surface area contributed by atoms with Crippen molar-refractivity contribution in [3.8, 4) is 22.2 Å². The van der Waals surface area contributed by atoms with Crippen LogP contribution in [0.5, 0.6) is 11.5 Å². The molecule has 4 aromatic heterocycles. The zero-order chi connectivity index (χ0) is 23.1. The molecule has 5 heterocycles. The molecule has 174 valence electrons. The van der Waals surface area contributed by atoms with E-state index in [-0.39, 0.29) is 0 Å². The quantitative estimate of drug-likeness (QED) is 0.347. The Morgan fingerprint density at radius 2 is 2.00 bits per heavy atom. The Morgan fingerprint density at radius 1 is 1.12 bits per heavy atom. The molecule has 5 aromatic rings. The standard InChI is InChI=1S/C23H22N6O3S2/c1-14-3-4-20-25-18(11-29(20)27-14)22-26-17-9-16(30-2)10-19(21(17)34-22)32-12-15-13-33-23(24-15)28-5-7-31-8-6-28/h3-4,9-11,13H,5-8,12H2,1-2H3. The first-order valence-electron chi connectivity index (χ1n) is 10.9. The summed E-state index contributed by atoms with van der Waals surface area (Å²) in [5.74, 6) is 1.41. The largest absolute Gasteiger partial charge is 0.497 e. The third kappa shape index (κ3) is 4.06. The van der Waals surface area contributed by atoms with Crippen molar-refractivity contribution in [2.45, 2.75) is 13.5 Å². The summed E-state index contributed by atoms with van der Waals surface area (Å²) in [7, 11) is 1.64. The molecule has 1 aliphatic heterocycles. The van der Waals surface area contributed by atoms with Gasteiger partial charge in [-0.15, -0.1) is 22.7 Å². The molecule has 1 fully saturated rings. The van der Waals surface area contributed by atoms with E-state index in [1.54, 1.807) is 34.3 Å². The van der Waals surface area contributed by atoms with Crippen molar-refractivity contribution in [3.05, 3.63) is 47.2 Å². The summed E-state index contributed by atoms with van der Waals surface area (Å²) in [6.07, 6.45) is 1.90. The van der Waals surface area contributed by atoms with Crippen molar-refractivity contribution < 1.29 is 14.2 Å². The number of methoxy groups -OCH3 is 1. The van der Waals surface area contributed by atoms with Crippen molar-refractivity contribution in [2.24, 2.45) is 0 Å². The van der Waals surface area contributed by atoms with Crippen molar-refractivity contribution >= 4 is 43.7 Å². The summed E-state index contributed by atoms with van der Waals surface area (Å²) in [6.45, 7) is 5.54. The Bertz CT molecular complexity index is 1470. The summed E-state index contributed by atoms with van der Waals surface area (Å²) in [6, 6.07) is 7.72. The zero-order valence-corrected chi connectivity index (χ0v) is 20.4. The van der Waals surface area contributed by atoms with Crippen LogP contribution in [-0.4, -0.2) is 58.0 Å². The highest BCUT2D eigenvalue weighted by Gasteiger charge is 2.18. The van der Waals surface area contributed by atoms with Crippen LogP contribution in [0.3, 0.4) is 0 Å². The highest BCUT2D eigenvalue weighted by Crippen LogP contribution is 2.39. The lowest BCUT2D eigenvalue weighted by molar-refractivity contribution is 0.122. The van der Waals surface area contributed by atoms with E-state index in [0.29, 0.717) is 12.4 Å². The van der Waals surface area contributed by atoms with Crippen molar-refractivity contribution in [1.82, 2.24) is 24.6 Å². The van der Waals surface area contributed by atoms with Gasteiger partial charge in [-0.2, -0.15) is 5.10 Å². The van der Waals surface area contributed by atoms with E-state index in [1.165, 1.54) is 0 Å². The topological polar surface area (TPSA) is 86.9 Å². The van der Waals surface area contributed by atoms with Gasteiger partial charge >= 0.3 is 0 Å². The lowest BCUT2D eigenvalue weighted by Crippen LogP contribution is -2.36. The fraction of sp³-hybridized carbons (Fsp3) is 0.304. The smallest absolute Gasteiger partial charge is 0.185 e. The summed E-state index contributed by atoms with van der Waals surface area (Å²) in [5.41, 5.74) is 4.20. The number of hydrogen-bond donors (Lipinski definition) is 0. The predicted octanol–water partition coefficient (Wildman–Crippen LogP) is 4.20. The highest BCUT2D eigenvalue weighted by atomic mass is 32.1. The maximum absolute atomic E-state index is 6.23. The lowest BCUT2D eigenvalue weighted by Gasteiger charge is -2.26. The van der Waals surface area contributed by atoms with Gasteiger partial charge in [0.15, 0.2) is 10.8 Å². The number of rotatable bonds is 6. The van der Waals surface area contributed by atoms with E-state index >= 15 is 0 Å². The third-order valence-corrected chi connectivity index (χ3v) is 7.59.